The van der Waals surface area contributed by atoms with E-state index in [2.05, 4.69) is 9.88 Å². The molecular formula is C19H24N4O2. The van der Waals surface area contributed by atoms with E-state index in [0.29, 0.717) is 0 Å². The van der Waals surface area contributed by atoms with E-state index >= 15 is 0 Å². The van der Waals surface area contributed by atoms with Crippen molar-refractivity contribution in [3.63, 3.8) is 0 Å². The number of aromatic nitrogens is 1. The highest BCUT2D eigenvalue weighted by molar-refractivity contribution is 5.94. The molecule has 132 valence electrons. The van der Waals surface area contributed by atoms with Crippen LogP contribution in [0.5, 0.6) is 0 Å². The molecule has 0 unspecified atom stereocenters. The molecule has 0 atom stereocenters. The van der Waals surface area contributed by atoms with Crippen molar-refractivity contribution in [3.05, 3.63) is 64.1 Å². The summed E-state index contributed by atoms with van der Waals surface area (Å²) >= 11 is 0. The molecule has 1 saturated heterocycles. The van der Waals surface area contributed by atoms with E-state index in [1.54, 1.807) is 12.3 Å². The zero-order chi connectivity index (χ0) is 17.8. The minimum absolute atomic E-state index is 0.0838. The average molecular weight is 340 g/mol. The first kappa shape index (κ1) is 17.2. The van der Waals surface area contributed by atoms with E-state index in [1.165, 1.54) is 0 Å². The van der Waals surface area contributed by atoms with Gasteiger partial charge in [-0.15, -0.1) is 0 Å². The SMILES string of the molecule is CN(C)c1ccc(C(=O)N2CCN(Cc3ccc(=O)[nH]c3)CC2)cc1. The number of pyridine rings is 1. The Morgan fingerprint density at radius 2 is 1.72 bits per heavy atom. The first-order valence-electron chi connectivity index (χ1n) is 8.49. The van der Waals surface area contributed by atoms with Gasteiger partial charge in [0.05, 0.1) is 0 Å². The van der Waals surface area contributed by atoms with Gasteiger partial charge in [-0.2, -0.15) is 0 Å². The fourth-order valence-electron chi connectivity index (χ4n) is 2.99. The summed E-state index contributed by atoms with van der Waals surface area (Å²) < 4.78 is 0. The molecule has 25 heavy (non-hydrogen) atoms. The van der Waals surface area contributed by atoms with Crippen LogP contribution in [0.2, 0.25) is 0 Å². The van der Waals surface area contributed by atoms with Crippen LogP contribution in [0.3, 0.4) is 0 Å². The molecule has 6 heteroatoms. The van der Waals surface area contributed by atoms with Gasteiger partial charge in [0.1, 0.15) is 0 Å². The maximum absolute atomic E-state index is 12.6. The van der Waals surface area contributed by atoms with Crippen molar-refractivity contribution >= 4 is 11.6 Å². The molecule has 0 bridgehead atoms. The van der Waals surface area contributed by atoms with E-state index in [-0.39, 0.29) is 11.5 Å². The number of nitrogens with zero attached hydrogens (tertiary/aromatic N) is 3. The van der Waals surface area contributed by atoms with Gasteiger partial charge < -0.3 is 14.8 Å². The van der Waals surface area contributed by atoms with Crippen LogP contribution in [-0.2, 0) is 6.54 Å². The van der Waals surface area contributed by atoms with Gasteiger partial charge >= 0.3 is 0 Å². The highest BCUT2D eigenvalue weighted by Crippen LogP contribution is 2.15. The van der Waals surface area contributed by atoms with Crippen molar-refractivity contribution in [3.8, 4) is 0 Å². The van der Waals surface area contributed by atoms with Crippen LogP contribution in [0.25, 0.3) is 0 Å². The number of hydrogen-bond donors (Lipinski definition) is 1. The lowest BCUT2D eigenvalue weighted by Crippen LogP contribution is -2.48. The molecule has 2 aromatic rings. The zero-order valence-corrected chi connectivity index (χ0v) is 14.7. The molecule has 1 aromatic carbocycles. The molecule has 1 aromatic heterocycles. The predicted molar refractivity (Wildman–Crippen MR) is 99.0 cm³/mol. The van der Waals surface area contributed by atoms with E-state index in [0.717, 1.165) is 49.5 Å². The number of hydrogen-bond acceptors (Lipinski definition) is 4. The van der Waals surface area contributed by atoms with Gasteiger partial charge in [0, 0.05) is 70.3 Å². The topological polar surface area (TPSA) is 59.7 Å². The standard InChI is InChI=1S/C19H24N4O2/c1-21(2)17-6-4-16(5-7-17)19(25)23-11-9-22(10-12-23)14-15-3-8-18(24)20-13-15/h3-8,13H,9-12,14H2,1-2H3,(H,20,24). The van der Waals surface area contributed by atoms with Crippen molar-refractivity contribution in [2.75, 3.05) is 45.2 Å². The summed E-state index contributed by atoms with van der Waals surface area (Å²) in [5.41, 5.74) is 2.82. The van der Waals surface area contributed by atoms with E-state index in [1.807, 2.05) is 54.2 Å². The third kappa shape index (κ3) is 4.28. The first-order valence-corrected chi connectivity index (χ1v) is 8.49. The van der Waals surface area contributed by atoms with Gasteiger partial charge in [-0.25, -0.2) is 0 Å². The molecule has 1 aliphatic heterocycles. The van der Waals surface area contributed by atoms with Crippen molar-refractivity contribution < 1.29 is 4.79 Å². The number of benzene rings is 1. The van der Waals surface area contributed by atoms with Crippen LogP contribution in [0.15, 0.2) is 47.4 Å². The predicted octanol–water partition coefficient (Wildman–Crippen LogP) is 1.40. The summed E-state index contributed by atoms with van der Waals surface area (Å²) in [6, 6.07) is 11.1. The van der Waals surface area contributed by atoms with E-state index < -0.39 is 0 Å². The van der Waals surface area contributed by atoms with Gasteiger partial charge in [0.15, 0.2) is 0 Å². The summed E-state index contributed by atoms with van der Waals surface area (Å²) in [5.74, 6) is 0.0917. The highest BCUT2D eigenvalue weighted by atomic mass is 16.2. The molecule has 3 rings (SSSR count). The van der Waals surface area contributed by atoms with Crippen LogP contribution in [0, 0.1) is 0 Å². The lowest BCUT2D eigenvalue weighted by Gasteiger charge is -2.34. The normalized spacial score (nSPS) is 15.2. The Bertz CT molecular complexity index is 754. The molecule has 0 saturated carbocycles. The summed E-state index contributed by atoms with van der Waals surface area (Å²) in [5, 5.41) is 0. The van der Waals surface area contributed by atoms with E-state index in [9.17, 15) is 9.59 Å². The fraction of sp³-hybridized carbons (Fsp3) is 0.368. The number of carbonyl (C=O) groups is 1. The number of piperazine rings is 1. The minimum Gasteiger partial charge on any atom is -0.378 e. The van der Waals surface area contributed by atoms with Crippen LogP contribution < -0.4 is 10.5 Å². The number of rotatable bonds is 4. The van der Waals surface area contributed by atoms with Gasteiger partial charge in [-0.1, -0.05) is 6.07 Å². The quantitative estimate of drug-likeness (QED) is 0.914. The van der Waals surface area contributed by atoms with Gasteiger partial charge in [-0.05, 0) is 29.8 Å². The smallest absolute Gasteiger partial charge is 0.253 e. The Kier molecular flexibility index (Phi) is 5.19. The molecule has 6 nitrogen and oxygen atoms in total. The van der Waals surface area contributed by atoms with Crippen molar-refractivity contribution in [2.45, 2.75) is 6.54 Å². The summed E-state index contributed by atoms with van der Waals surface area (Å²) in [6.45, 7) is 3.90. The second kappa shape index (κ2) is 7.53. The Hall–Kier alpha value is -2.60. The van der Waals surface area contributed by atoms with E-state index in [4.69, 9.17) is 0 Å². The Morgan fingerprint density at radius 3 is 2.28 bits per heavy atom. The number of amides is 1. The lowest BCUT2D eigenvalue weighted by atomic mass is 10.1. The molecule has 0 spiro atoms. The largest absolute Gasteiger partial charge is 0.378 e. The second-order valence-corrected chi connectivity index (χ2v) is 6.57. The molecule has 2 heterocycles. The Morgan fingerprint density at radius 1 is 1.04 bits per heavy atom. The Balaban J connectivity index is 1.55. The number of nitrogens with one attached hydrogen (secondary N) is 1. The lowest BCUT2D eigenvalue weighted by molar-refractivity contribution is 0.0628. The van der Waals surface area contributed by atoms with Crippen LogP contribution in [0.4, 0.5) is 5.69 Å². The first-order chi connectivity index (χ1) is 12.0. The molecule has 0 aliphatic carbocycles. The van der Waals surface area contributed by atoms with Crippen molar-refractivity contribution in [2.24, 2.45) is 0 Å². The van der Waals surface area contributed by atoms with Gasteiger partial charge in [0.2, 0.25) is 5.56 Å². The summed E-state index contributed by atoms with van der Waals surface area (Å²) in [7, 11) is 3.97. The average Bonchev–Trinajstić information content (AvgIpc) is 2.64. The number of aromatic amines is 1. The monoisotopic (exact) mass is 340 g/mol. The second-order valence-electron chi connectivity index (χ2n) is 6.57. The number of anilines is 1. The molecule has 1 amide bonds. The molecule has 1 N–H and O–H groups in total. The van der Waals surface area contributed by atoms with Crippen LogP contribution >= 0.6 is 0 Å². The third-order valence-electron chi connectivity index (χ3n) is 4.54. The zero-order valence-electron chi connectivity index (χ0n) is 14.7. The highest BCUT2D eigenvalue weighted by Gasteiger charge is 2.22. The molecular weight excluding hydrogens is 316 g/mol. The van der Waals surface area contributed by atoms with Gasteiger partial charge in [-0.3, -0.25) is 14.5 Å². The number of carbonyl (C=O) groups excluding carboxylic acids is 1. The fourth-order valence-corrected chi connectivity index (χ4v) is 2.99. The van der Waals surface area contributed by atoms with Crippen LogP contribution in [0.1, 0.15) is 15.9 Å². The molecule has 1 aliphatic rings. The Labute approximate surface area is 147 Å². The van der Waals surface area contributed by atoms with Crippen LogP contribution in [-0.4, -0.2) is 61.0 Å². The maximum Gasteiger partial charge on any atom is 0.253 e. The molecule has 1 fully saturated rings. The molecule has 0 radical (unpaired) electrons. The van der Waals surface area contributed by atoms with Crippen molar-refractivity contribution in [1.29, 1.82) is 0 Å². The summed E-state index contributed by atoms with van der Waals surface area (Å²) in [4.78, 5) is 32.7. The third-order valence-corrected chi connectivity index (χ3v) is 4.54. The van der Waals surface area contributed by atoms with Gasteiger partial charge in [0.25, 0.3) is 5.91 Å². The minimum atomic E-state index is -0.0838. The number of H-pyrrole nitrogens is 1. The maximum atomic E-state index is 12.6. The summed E-state index contributed by atoms with van der Waals surface area (Å²) in [6.07, 6.45) is 1.76. The van der Waals surface area contributed by atoms with Crippen molar-refractivity contribution in [1.82, 2.24) is 14.8 Å².